The van der Waals surface area contributed by atoms with Gasteiger partial charge in [0.25, 0.3) is 0 Å². The monoisotopic (exact) mass is 180 g/mol. The van der Waals surface area contributed by atoms with E-state index in [9.17, 15) is 0 Å². The Labute approximate surface area is 76.6 Å². The zero-order valence-corrected chi connectivity index (χ0v) is 7.40. The Hall–Kier alpha value is -1.06. The highest BCUT2D eigenvalue weighted by molar-refractivity contribution is 5.40. The van der Waals surface area contributed by atoms with Crippen LogP contribution >= 0.6 is 0 Å². The van der Waals surface area contributed by atoms with Gasteiger partial charge in [-0.1, -0.05) is 6.07 Å². The van der Waals surface area contributed by atoms with Crippen LogP contribution in [0.1, 0.15) is 24.3 Å². The SMILES string of the molecule is CC1Cc2cc(C(O)O)ccc2O1. The third-order valence-corrected chi connectivity index (χ3v) is 2.22. The highest BCUT2D eigenvalue weighted by Crippen LogP contribution is 2.30. The van der Waals surface area contributed by atoms with E-state index < -0.39 is 6.29 Å². The number of aliphatic hydroxyl groups excluding tert-OH is 1. The summed E-state index contributed by atoms with van der Waals surface area (Å²) >= 11 is 0. The summed E-state index contributed by atoms with van der Waals surface area (Å²) in [5, 5.41) is 17.9. The van der Waals surface area contributed by atoms with Gasteiger partial charge in [0.15, 0.2) is 6.29 Å². The number of fused-ring (bicyclic) bond motifs is 1. The molecule has 2 N–H and O–H groups in total. The zero-order valence-electron chi connectivity index (χ0n) is 7.40. The predicted octanol–water partition coefficient (Wildman–Crippen LogP) is 0.993. The average Bonchev–Trinajstić information content (AvgIpc) is 2.42. The standard InChI is InChI=1S/C10H12O3/c1-6-4-8-5-7(10(11)12)2-3-9(8)13-6/h2-3,5-6,10-12H,4H2,1H3. The molecule has 0 saturated heterocycles. The second kappa shape index (κ2) is 3.01. The van der Waals surface area contributed by atoms with E-state index in [1.165, 1.54) is 0 Å². The van der Waals surface area contributed by atoms with Gasteiger partial charge in [0.05, 0.1) is 0 Å². The van der Waals surface area contributed by atoms with Crippen molar-refractivity contribution >= 4 is 0 Å². The highest BCUT2D eigenvalue weighted by Gasteiger charge is 2.19. The molecule has 0 spiro atoms. The molecule has 3 nitrogen and oxygen atoms in total. The van der Waals surface area contributed by atoms with Crippen LogP contribution in [0.2, 0.25) is 0 Å². The molecule has 13 heavy (non-hydrogen) atoms. The van der Waals surface area contributed by atoms with Gasteiger partial charge in [-0.2, -0.15) is 0 Å². The lowest BCUT2D eigenvalue weighted by atomic mass is 10.1. The van der Waals surface area contributed by atoms with E-state index in [-0.39, 0.29) is 6.10 Å². The number of hydrogen-bond donors (Lipinski definition) is 2. The summed E-state index contributed by atoms with van der Waals surface area (Å²) in [5.41, 5.74) is 1.58. The van der Waals surface area contributed by atoms with Gasteiger partial charge in [-0.25, -0.2) is 0 Å². The lowest BCUT2D eigenvalue weighted by Gasteiger charge is -2.05. The molecule has 3 heteroatoms. The van der Waals surface area contributed by atoms with Crippen LogP contribution in [0.5, 0.6) is 5.75 Å². The normalized spacial score (nSPS) is 20.2. The van der Waals surface area contributed by atoms with Crippen LogP contribution in [0.25, 0.3) is 0 Å². The molecule has 1 unspecified atom stereocenters. The molecule has 0 fully saturated rings. The molecule has 0 radical (unpaired) electrons. The summed E-state index contributed by atoms with van der Waals surface area (Å²) in [5.74, 6) is 0.858. The van der Waals surface area contributed by atoms with Crippen LogP contribution in [-0.2, 0) is 6.42 Å². The average molecular weight is 180 g/mol. The Kier molecular flexibility index (Phi) is 1.98. The summed E-state index contributed by atoms with van der Waals surface area (Å²) in [6.07, 6.45) is -0.349. The van der Waals surface area contributed by atoms with E-state index in [1.807, 2.05) is 6.92 Å². The minimum Gasteiger partial charge on any atom is -0.490 e. The molecule has 0 aliphatic carbocycles. The Morgan fingerprint density at radius 2 is 2.23 bits per heavy atom. The van der Waals surface area contributed by atoms with Gasteiger partial charge in [0.2, 0.25) is 0 Å². The third kappa shape index (κ3) is 1.53. The number of hydrogen-bond acceptors (Lipinski definition) is 3. The maximum Gasteiger partial charge on any atom is 0.178 e. The third-order valence-electron chi connectivity index (χ3n) is 2.22. The number of aliphatic hydroxyl groups is 2. The van der Waals surface area contributed by atoms with Crippen molar-refractivity contribution in [3.8, 4) is 5.75 Å². The van der Waals surface area contributed by atoms with Crippen LogP contribution in [0, 0.1) is 0 Å². The fourth-order valence-corrected chi connectivity index (χ4v) is 1.60. The zero-order chi connectivity index (χ0) is 9.42. The number of rotatable bonds is 1. The van der Waals surface area contributed by atoms with Gasteiger partial charge in [0, 0.05) is 12.0 Å². The minimum atomic E-state index is -1.39. The van der Waals surface area contributed by atoms with Crippen molar-refractivity contribution in [1.82, 2.24) is 0 Å². The summed E-state index contributed by atoms with van der Waals surface area (Å²) in [6.45, 7) is 2.00. The van der Waals surface area contributed by atoms with Gasteiger partial charge < -0.3 is 14.9 Å². The molecule has 70 valence electrons. The minimum absolute atomic E-state index is 0.195. The smallest absolute Gasteiger partial charge is 0.178 e. The molecular weight excluding hydrogens is 168 g/mol. The van der Waals surface area contributed by atoms with Crippen LogP contribution in [0.3, 0.4) is 0 Å². The first-order valence-electron chi connectivity index (χ1n) is 4.32. The van der Waals surface area contributed by atoms with E-state index in [1.54, 1.807) is 18.2 Å². The fourth-order valence-electron chi connectivity index (χ4n) is 1.60. The molecule has 0 bridgehead atoms. The van der Waals surface area contributed by atoms with Crippen molar-refractivity contribution in [2.75, 3.05) is 0 Å². The molecule has 0 aromatic heterocycles. The van der Waals surface area contributed by atoms with Crippen molar-refractivity contribution in [3.63, 3.8) is 0 Å². The van der Waals surface area contributed by atoms with Crippen LogP contribution < -0.4 is 4.74 Å². The fraction of sp³-hybridized carbons (Fsp3) is 0.400. The van der Waals surface area contributed by atoms with E-state index in [2.05, 4.69) is 0 Å². The molecule has 1 atom stereocenters. The molecule has 0 saturated carbocycles. The van der Waals surface area contributed by atoms with E-state index in [0.717, 1.165) is 17.7 Å². The molecule has 1 aliphatic heterocycles. The maximum absolute atomic E-state index is 8.94. The molecule has 1 aromatic carbocycles. The van der Waals surface area contributed by atoms with Crippen molar-refractivity contribution in [3.05, 3.63) is 29.3 Å². The van der Waals surface area contributed by atoms with E-state index in [0.29, 0.717) is 5.56 Å². The largest absolute Gasteiger partial charge is 0.490 e. The quantitative estimate of drug-likeness (QED) is 0.634. The lowest BCUT2D eigenvalue weighted by Crippen LogP contribution is -2.05. The topological polar surface area (TPSA) is 49.7 Å². The molecule has 1 aliphatic rings. The Morgan fingerprint density at radius 1 is 1.46 bits per heavy atom. The van der Waals surface area contributed by atoms with Gasteiger partial charge in [-0.3, -0.25) is 0 Å². The molecule has 1 heterocycles. The Balaban J connectivity index is 2.35. The first kappa shape index (κ1) is 8.53. The number of ether oxygens (including phenoxy) is 1. The van der Waals surface area contributed by atoms with E-state index in [4.69, 9.17) is 14.9 Å². The summed E-state index contributed by atoms with van der Waals surface area (Å²) in [4.78, 5) is 0. The van der Waals surface area contributed by atoms with Gasteiger partial charge in [-0.15, -0.1) is 0 Å². The molecule has 2 rings (SSSR count). The van der Waals surface area contributed by atoms with Crippen molar-refractivity contribution in [1.29, 1.82) is 0 Å². The van der Waals surface area contributed by atoms with Crippen LogP contribution in [-0.4, -0.2) is 16.3 Å². The molecular formula is C10H12O3. The van der Waals surface area contributed by atoms with Gasteiger partial charge >= 0.3 is 0 Å². The second-order valence-electron chi connectivity index (χ2n) is 3.37. The number of benzene rings is 1. The lowest BCUT2D eigenvalue weighted by molar-refractivity contribution is -0.0425. The van der Waals surface area contributed by atoms with Crippen molar-refractivity contribution in [2.45, 2.75) is 25.7 Å². The summed E-state index contributed by atoms with van der Waals surface area (Å²) in [7, 11) is 0. The molecule has 1 aromatic rings. The predicted molar refractivity (Wildman–Crippen MR) is 47.4 cm³/mol. The van der Waals surface area contributed by atoms with Crippen LogP contribution in [0.4, 0.5) is 0 Å². The van der Waals surface area contributed by atoms with E-state index >= 15 is 0 Å². The van der Waals surface area contributed by atoms with Gasteiger partial charge in [-0.05, 0) is 24.6 Å². The summed E-state index contributed by atoms with van der Waals surface area (Å²) < 4.78 is 5.48. The maximum atomic E-state index is 8.94. The Bertz CT molecular complexity index is 320. The first-order chi connectivity index (χ1) is 6.16. The van der Waals surface area contributed by atoms with Crippen molar-refractivity contribution < 1.29 is 14.9 Å². The van der Waals surface area contributed by atoms with Crippen molar-refractivity contribution in [2.24, 2.45) is 0 Å². The molecule has 0 amide bonds. The second-order valence-corrected chi connectivity index (χ2v) is 3.37. The highest BCUT2D eigenvalue weighted by atomic mass is 16.5. The van der Waals surface area contributed by atoms with Crippen LogP contribution in [0.15, 0.2) is 18.2 Å². The summed E-state index contributed by atoms with van der Waals surface area (Å²) in [6, 6.07) is 5.23. The Morgan fingerprint density at radius 3 is 2.92 bits per heavy atom. The first-order valence-corrected chi connectivity index (χ1v) is 4.32. The van der Waals surface area contributed by atoms with Gasteiger partial charge in [0.1, 0.15) is 11.9 Å².